The minimum Gasteiger partial charge on any atom is -0.255 e. The van der Waals surface area contributed by atoms with Crippen LogP contribution in [0.5, 0.6) is 0 Å². The number of aromatic nitrogens is 1. The number of halogens is 1. The minimum absolute atomic E-state index is 0.538. The molecule has 1 spiro atoms. The third-order valence-electron chi connectivity index (χ3n) is 6.79. The number of hydrogen-bond acceptors (Lipinski definition) is 1. The van der Waals surface area contributed by atoms with Gasteiger partial charge < -0.3 is 0 Å². The highest BCUT2D eigenvalue weighted by Gasteiger charge is 2.42. The Bertz CT molecular complexity index is 830. The molecule has 2 heteroatoms. The third kappa shape index (κ3) is 2.15. The van der Waals surface area contributed by atoms with E-state index in [9.17, 15) is 0 Å². The SMILES string of the molecule is Cc1ccc(-c2ncc(Br)c3c2CC2(CCCC2)C3)c2c1CCC2. The molecule has 0 radical (unpaired) electrons. The summed E-state index contributed by atoms with van der Waals surface area (Å²) in [7, 11) is 0. The Labute approximate surface area is 153 Å². The van der Waals surface area contributed by atoms with Gasteiger partial charge in [-0.3, -0.25) is 4.98 Å². The van der Waals surface area contributed by atoms with Crippen LogP contribution in [0.25, 0.3) is 11.3 Å². The summed E-state index contributed by atoms with van der Waals surface area (Å²) in [5.41, 5.74) is 11.0. The summed E-state index contributed by atoms with van der Waals surface area (Å²) in [6.07, 6.45) is 14.0. The summed E-state index contributed by atoms with van der Waals surface area (Å²) < 4.78 is 1.23. The summed E-state index contributed by atoms with van der Waals surface area (Å²) in [5, 5.41) is 0. The summed E-state index contributed by atoms with van der Waals surface area (Å²) in [6.45, 7) is 2.26. The average molecular weight is 382 g/mol. The maximum absolute atomic E-state index is 4.93. The normalized spacial score (nSPS) is 20.6. The lowest BCUT2D eigenvalue weighted by Gasteiger charge is -2.21. The minimum atomic E-state index is 0.538. The number of rotatable bonds is 1. The van der Waals surface area contributed by atoms with Gasteiger partial charge in [-0.2, -0.15) is 0 Å². The van der Waals surface area contributed by atoms with Crippen LogP contribution in [0.2, 0.25) is 0 Å². The van der Waals surface area contributed by atoms with Crippen molar-refractivity contribution in [3.05, 3.63) is 50.6 Å². The molecule has 0 aliphatic heterocycles. The van der Waals surface area contributed by atoms with Crippen LogP contribution in [0.3, 0.4) is 0 Å². The van der Waals surface area contributed by atoms with E-state index in [2.05, 4.69) is 41.2 Å². The topological polar surface area (TPSA) is 12.9 Å². The zero-order valence-electron chi connectivity index (χ0n) is 14.4. The number of pyridine rings is 1. The van der Waals surface area contributed by atoms with Gasteiger partial charge in [0.1, 0.15) is 0 Å². The molecular formula is C22H24BrN. The molecule has 0 N–H and O–H groups in total. The van der Waals surface area contributed by atoms with Crippen LogP contribution in [-0.2, 0) is 25.7 Å². The Morgan fingerprint density at radius 3 is 2.50 bits per heavy atom. The molecular weight excluding hydrogens is 358 g/mol. The highest BCUT2D eigenvalue weighted by atomic mass is 79.9. The Morgan fingerprint density at radius 1 is 0.917 bits per heavy atom. The van der Waals surface area contributed by atoms with Gasteiger partial charge in [0, 0.05) is 16.2 Å². The summed E-state index contributed by atoms with van der Waals surface area (Å²) in [5.74, 6) is 0. The molecule has 1 nitrogen and oxygen atoms in total. The number of benzene rings is 1. The van der Waals surface area contributed by atoms with Crippen molar-refractivity contribution in [1.82, 2.24) is 4.98 Å². The molecule has 1 heterocycles. The molecule has 2 aromatic rings. The maximum atomic E-state index is 4.93. The molecule has 5 rings (SSSR count). The number of hydrogen-bond donors (Lipinski definition) is 0. The van der Waals surface area contributed by atoms with Crippen LogP contribution in [0.15, 0.2) is 22.8 Å². The van der Waals surface area contributed by atoms with Gasteiger partial charge in [-0.25, -0.2) is 0 Å². The van der Waals surface area contributed by atoms with Gasteiger partial charge in [-0.15, -0.1) is 0 Å². The van der Waals surface area contributed by atoms with Gasteiger partial charge in [0.25, 0.3) is 0 Å². The van der Waals surface area contributed by atoms with Crippen molar-refractivity contribution in [2.45, 2.75) is 64.7 Å². The molecule has 24 heavy (non-hydrogen) atoms. The lowest BCUT2D eigenvalue weighted by atomic mass is 9.83. The van der Waals surface area contributed by atoms with Crippen molar-refractivity contribution >= 4 is 15.9 Å². The molecule has 1 saturated carbocycles. The third-order valence-corrected chi connectivity index (χ3v) is 7.47. The number of nitrogens with zero attached hydrogens (tertiary/aromatic N) is 1. The zero-order valence-corrected chi connectivity index (χ0v) is 16.0. The Kier molecular flexibility index (Phi) is 3.42. The van der Waals surface area contributed by atoms with Gasteiger partial charge in [0.05, 0.1) is 5.69 Å². The van der Waals surface area contributed by atoms with E-state index in [0.29, 0.717) is 5.41 Å². The molecule has 1 aromatic carbocycles. The molecule has 1 fully saturated rings. The maximum Gasteiger partial charge on any atom is 0.0740 e. The van der Waals surface area contributed by atoms with E-state index in [0.717, 1.165) is 0 Å². The number of fused-ring (bicyclic) bond motifs is 2. The largest absolute Gasteiger partial charge is 0.255 e. The molecule has 3 aliphatic carbocycles. The fraction of sp³-hybridized carbons (Fsp3) is 0.500. The molecule has 0 saturated heterocycles. The Morgan fingerprint density at radius 2 is 1.67 bits per heavy atom. The molecule has 124 valence electrons. The average Bonchev–Trinajstić information content (AvgIpc) is 3.30. The fourth-order valence-electron chi connectivity index (χ4n) is 5.58. The molecule has 1 aromatic heterocycles. The van der Waals surface area contributed by atoms with E-state index in [1.807, 2.05) is 0 Å². The molecule has 0 unspecified atom stereocenters. The van der Waals surface area contributed by atoms with Crippen molar-refractivity contribution < 1.29 is 0 Å². The van der Waals surface area contributed by atoms with Crippen molar-refractivity contribution in [3.8, 4) is 11.3 Å². The van der Waals surface area contributed by atoms with Gasteiger partial charge in [-0.05, 0) is 101 Å². The van der Waals surface area contributed by atoms with Gasteiger partial charge in [0.2, 0.25) is 0 Å². The zero-order chi connectivity index (χ0) is 16.3. The first-order chi connectivity index (χ1) is 11.7. The predicted molar refractivity (Wildman–Crippen MR) is 102 cm³/mol. The van der Waals surface area contributed by atoms with Crippen molar-refractivity contribution in [3.63, 3.8) is 0 Å². The second kappa shape index (κ2) is 5.42. The summed E-state index contributed by atoms with van der Waals surface area (Å²) in [6, 6.07) is 4.66. The van der Waals surface area contributed by atoms with Gasteiger partial charge in [0.15, 0.2) is 0 Å². The van der Waals surface area contributed by atoms with Crippen molar-refractivity contribution in [2.75, 3.05) is 0 Å². The molecule has 0 bridgehead atoms. The highest BCUT2D eigenvalue weighted by molar-refractivity contribution is 9.10. The van der Waals surface area contributed by atoms with Crippen molar-refractivity contribution in [1.29, 1.82) is 0 Å². The van der Waals surface area contributed by atoms with Crippen LogP contribution in [0.1, 0.15) is 59.9 Å². The van der Waals surface area contributed by atoms with Crippen molar-refractivity contribution in [2.24, 2.45) is 5.41 Å². The van der Waals surface area contributed by atoms with E-state index in [1.54, 1.807) is 22.3 Å². The quantitative estimate of drug-likeness (QED) is 0.592. The summed E-state index contributed by atoms with van der Waals surface area (Å²) in [4.78, 5) is 4.93. The number of aryl methyl sites for hydroxylation is 1. The van der Waals surface area contributed by atoms with E-state index >= 15 is 0 Å². The first-order valence-electron chi connectivity index (χ1n) is 9.45. The predicted octanol–water partition coefficient (Wildman–Crippen LogP) is 5.97. The molecule has 3 aliphatic rings. The van der Waals surface area contributed by atoms with Crippen LogP contribution >= 0.6 is 15.9 Å². The van der Waals surface area contributed by atoms with E-state index in [1.165, 1.54) is 79.1 Å². The molecule has 0 atom stereocenters. The summed E-state index contributed by atoms with van der Waals surface area (Å²) >= 11 is 3.80. The molecule has 0 amide bonds. The lowest BCUT2D eigenvalue weighted by molar-refractivity contribution is 0.317. The standard InChI is InChI=1S/C22H24BrN/c1-14-7-8-17(16-6-4-5-15(14)16)21-19-12-22(9-2-3-10-22)11-18(19)20(23)13-24-21/h7-8,13H,2-6,9-12H2,1H3. The second-order valence-corrected chi connectivity index (χ2v) is 9.07. The first kappa shape index (κ1) is 15.1. The Hall–Kier alpha value is -1.15. The van der Waals surface area contributed by atoms with E-state index in [4.69, 9.17) is 4.98 Å². The fourth-order valence-corrected chi connectivity index (χ4v) is 6.06. The second-order valence-electron chi connectivity index (χ2n) is 8.21. The van der Waals surface area contributed by atoms with Gasteiger partial charge >= 0.3 is 0 Å². The van der Waals surface area contributed by atoms with Gasteiger partial charge in [-0.1, -0.05) is 25.0 Å². The highest BCUT2D eigenvalue weighted by Crippen LogP contribution is 2.52. The monoisotopic (exact) mass is 381 g/mol. The van der Waals surface area contributed by atoms with E-state index in [-0.39, 0.29) is 0 Å². The van der Waals surface area contributed by atoms with Crippen LogP contribution < -0.4 is 0 Å². The van der Waals surface area contributed by atoms with Crippen LogP contribution in [0.4, 0.5) is 0 Å². The van der Waals surface area contributed by atoms with Crippen LogP contribution in [-0.4, -0.2) is 4.98 Å². The smallest absolute Gasteiger partial charge is 0.0740 e. The van der Waals surface area contributed by atoms with E-state index < -0.39 is 0 Å². The lowest BCUT2D eigenvalue weighted by Crippen LogP contribution is -2.15. The van der Waals surface area contributed by atoms with Crippen LogP contribution in [0, 0.1) is 12.3 Å². The first-order valence-corrected chi connectivity index (χ1v) is 10.2. The Balaban J connectivity index is 1.68.